The second-order valence-corrected chi connectivity index (χ2v) is 6.34. The third kappa shape index (κ3) is 4.23. The summed E-state index contributed by atoms with van der Waals surface area (Å²) in [6.45, 7) is 6.82. The Kier molecular flexibility index (Phi) is 7.11. The molecule has 1 atom stereocenters. The number of piperazine rings is 1. The minimum Gasteiger partial charge on any atom is -0.423 e. The SMILES string of the molecule is Cc1ccc2oc(N3CCN(C(=O)C4CNCCO4)CC3)nc2c1.Cl.Cl. The molecule has 0 radical (unpaired) electrons. The number of halogens is 2. The molecule has 1 unspecified atom stereocenters. The fourth-order valence-corrected chi connectivity index (χ4v) is 3.21. The van der Waals surface area contributed by atoms with Gasteiger partial charge >= 0.3 is 0 Å². The van der Waals surface area contributed by atoms with Crippen molar-refractivity contribution in [3.8, 4) is 0 Å². The molecule has 2 aliphatic rings. The van der Waals surface area contributed by atoms with Crippen LogP contribution in [0.3, 0.4) is 0 Å². The van der Waals surface area contributed by atoms with Gasteiger partial charge in [-0.2, -0.15) is 4.98 Å². The number of carbonyl (C=O) groups excluding carboxylic acids is 1. The zero-order valence-electron chi connectivity index (χ0n) is 14.6. The van der Waals surface area contributed by atoms with Crippen LogP contribution in [0, 0.1) is 6.92 Å². The lowest BCUT2D eigenvalue weighted by atomic mass is 10.2. The van der Waals surface area contributed by atoms with Crippen LogP contribution >= 0.6 is 24.8 Å². The number of hydrogen-bond acceptors (Lipinski definition) is 6. The molecule has 2 saturated heterocycles. The van der Waals surface area contributed by atoms with E-state index in [-0.39, 0.29) is 36.8 Å². The van der Waals surface area contributed by atoms with Crippen LogP contribution in [0.2, 0.25) is 0 Å². The van der Waals surface area contributed by atoms with Crippen molar-refractivity contribution in [3.05, 3.63) is 23.8 Å². The van der Waals surface area contributed by atoms with E-state index < -0.39 is 0 Å². The van der Waals surface area contributed by atoms with Gasteiger partial charge in [0.2, 0.25) is 0 Å². The Balaban J connectivity index is 0.00000121. The molecule has 1 aromatic heterocycles. The predicted octanol–water partition coefficient (Wildman–Crippen LogP) is 1.62. The van der Waals surface area contributed by atoms with Crippen LogP contribution in [0.15, 0.2) is 22.6 Å². The third-order valence-corrected chi connectivity index (χ3v) is 4.60. The van der Waals surface area contributed by atoms with Crippen molar-refractivity contribution in [1.82, 2.24) is 15.2 Å². The van der Waals surface area contributed by atoms with Crippen molar-refractivity contribution in [2.75, 3.05) is 50.8 Å². The van der Waals surface area contributed by atoms with Gasteiger partial charge in [-0.15, -0.1) is 24.8 Å². The van der Waals surface area contributed by atoms with Gasteiger partial charge in [0, 0.05) is 39.3 Å². The summed E-state index contributed by atoms with van der Waals surface area (Å²) in [5, 5.41) is 3.20. The number of hydrogen-bond donors (Lipinski definition) is 1. The number of ether oxygens (including phenoxy) is 1. The fraction of sp³-hybridized carbons (Fsp3) is 0.529. The van der Waals surface area contributed by atoms with Gasteiger partial charge in [0.05, 0.1) is 6.61 Å². The van der Waals surface area contributed by atoms with E-state index in [4.69, 9.17) is 9.15 Å². The molecule has 26 heavy (non-hydrogen) atoms. The summed E-state index contributed by atoms with van der Waals surface area (Å²) in [6.07, 6.45) is -0.349. The maximum absolute atomic E-state index is 12.5. The summed E-state index contributed by atoms with van der Waals surface area (Å²) >= 11 is 0. The molecule has 7 nitrogen and oxygen atoms in total. The number of morpholine rings is 1. The average Bonchev–Trinajstić information content (AvgIpc) is 3.05. The number of carbonyl (C=O) groups is 1. The Labute approximate surface area is 164 Å². The predicted molar refractivity (Wildman–Crippen MR) is 105 cm³/mol. The second-order valence-electron chi connectivity index (χ2n) is 6.34. The number of fused-ring (bicyclic) bond motifs is 1. The molecule has 2 aliphatic heterocycles. The Bertz CT molecular complexity index is 741. The van der Waals surface area contributed by atoms with E-state index in [1.54, 1.807) is 0 Å². The Morgan fingerprint density at radius 2 is 2.00 bits per heavy atom. The molecular weight excluding hydrogens is 379 g/mol. The van der Waals surface area contributed by atoms with E-state index >= 15 is 0 Å². The van der Waals surface area contributed by atoms with Crippen molar-refractivity contribution in [1.29, 1.82) is 0 Å². The van der Waals surface area contributed by atoms with Crippen LogP contribution in [0.1, 0.15) is 5.56 Å². The molecule has 0 saturated carbocycles. The number of rotatable bonds is 2. The van der Waals surface area contributed by atoms with Crippen molar-refractivity contribution in [3.63, 3.8) is 0 Å². The molecule has 4 rings (SSSR count). The van der Waals surface area contributed by atoms with Gasteiger partial charge in [-0.3, -0.25) is 4.79 Å². The molecular formula is C17H24Cl2N4O3. The van der Waals surface area contributed by atoms with Crippen LogP contribution in [-0.2, 0) is 9.53 Å². The summed E-state index contributed by atoms with van der Waals surface area (Å²) in [4.78, 5) is 21.0. The normalized spacial score (nSPS) is 20.4. The highest BCUT2D eigenvalue weighted by atomic mass is 35.5. The average molecular weight is 403 g/mol. The number of anilines is 1. The smallest absolute Gasteiger partial charge is 0.298 e. The second kappa shape index (κ2) is 8.90. The minimum atomic E-state index is -0.349. The van der Waals surface area contributed by atoms with E-state index in [0.717, 1.165) is 30.7 Å². The number of nitrogens with one attached hydrogen (secondary N) is 1. The zero-order chi connectivity index (χ0) is 16.5. The fourth-order valence-electron chi connectivity index (χ4n) is 3.21. The molecule has 2 fully saturated rings. The number of nitrogens with zero attached hydrogens (tertiary/aromatic N) is 3. The first-order valence-corrected chi connectivity index (χ1v) is 8.44. The highest BCUT2D eigenvalue weighted by Gasteiger charge is 2.30. The molecule has 9 heteroatoms. The largest absolute Gasteiger partial charge is 0.423 e. The maximum Gasteiger partial charge on any atom is 0.298 e. The Morgan fingerprint density at radius 1 is 1.23 bits per heavy atom. The summed E-state index contributed by atoms with van der Waals surface area (Å²) < 4.78 is 11.4. The molecule has 3 heterocycles. The van der Waals surface area contributed by atoms with E-state index in [1.807, 2.05) is 30.0 Å². The van der Waals surface area contributed by atoms with Crippen LogP contribution in [0.4, 0.5) is 6.01 Å². The van der Waals surface area contributed by atoms with Gasteiger partial charge in [-0.25, -0.2) is 0 Å². The molecule has 2 aromatic rings. The van der Waals surface area contributed by atoms with Gasteiger partial charge in [0.15, 0.2) is 5.58 Å². The summed E-state index contributed by atoms with van der Waals surface area (Å²) in [6, 6.07) is 6.63. The van der Waals surface area contributed by atoms with E-state index in [1.165, 1.54) is 5.56 Å². The lowest BCUT2D eigenvalue weighted by Crippen LogP contribution is -2.55. The Hall–Kier alpha value is -1.54. The summed E-state index contributed by atoms with van der Waals surface area (Å²) in [5.41, 5.74) is 2.85. The summed E-state index contributed by atoms with van der Waals surface area (Å²) in [5.74, 6) is 0.0787. The molecule has 0 spiro atoms. The molecule has 1 aromatic carbocycles. The van der Waals surface area contributed by atoms with Crippen molar-refractivity contribution in [2.45, 2.75) is 13.0 Å². The lowest BCUT2D eigenvalue weighted by Gasteiger charge is -2.36. The number of aromatic nitrogens is 1. The standard InChI is InChI=1S/C17H22N4O3.2ClH/c1-12-2-3-14-13(10-12)19-17(24-14)21-7-5-20(6-8-21)16(22)15-11-18-4-9-23-15;;/h2-3,10,15,18H,4-9,11H2,1H3;2*1H. The van der Waals surface area contributed by atoms with Gasteiger partial charge < -0.3 is 24.3 Å². The number of aryl methyl sites for hydroxylation is 1. The van der Waals surface area contributed by atoms with Gasteiger partial charge in [-0.05, 0) is 24.6 Å². The number of oxazole rings is 1. The van der Waals surface area contributed by atoms with Gasteiger partial charge in [-0.1, -0.05) is 6.07 Å². The lowest BCUT2D eigenvalue weighted by molar-refractivity contribution is -0.145. The Morgan fingerprint density at radius 3 is 2.69 bits per heavy atom. The third-order valence-electron chi connectivity index (χ3n) is 4.60. The quantitative estimate of drug-likeness (QED) is 0.822. The van der Waals surface area contributed by atoms with E-state index in [9.17, 15) is 4.79 Å². The maximum atomic E-state index is 12.5. The van der Waals surface area contributed by atoms with Crippen molar-refractivity contribution in [2.24, 2.45) is 0 Å². The van der Waals surface area contributed by atoms with Crippen molar-refractivity contribution < 1.29 is 13.9 Å². The molecule has 1 N–H and O–H groups in total. The highest BCUT2D eigenvalue weighted by Crippen LogP contribution is 2.23. The number of benzene rings is 1. The molecule has 0 aliphatic carbocycles. The van der Waals surface area contributed by atoms with Gasteiger partial charge in [0.25, 0.3) is 11.9 Å². The van der Waals surface area contributed by atoms with Crippen LogP contribution in [-0.4, -0.2) is 67.8 Å². The highest BCUT2D eigenvalue weighted by molar-refractivity contribution is 5.85. The first kappa shape index (κ1) is 20.8. The molecule has 144 valence electrons. The van der Waals surface area contributed by atoms with E-state index in [2.05, 4.69) is 15.2 Å². The first-order valence-electron chi connectivity index (χ1n) is 8.44. The molecule has 1 amide bonds. The van der Waals surface area contributed by atoms with Crippen molar-refractivity contribution >= 4 is 47.8 Å². The number of amides is 1. The van der Waals surface area contributed by atoms with Gasteiger partial charge in [0.1, 0.15) is 11.6 Å². The first-order chi connectivity index (χ1) is 11.7. The molecule has 0 bridgehead atoms. The summed E-state index contributed by atoms with van der Waals surface area (Å²) in [7, 11) is 0. The van der Waals surface area contributed by atoms with Crippen LogP contribution in [0.5, 0.6) is 0 Å². The zero-order valence-corrected chi connectivity index (χ0v) is 16.3. The topological polar surface area (TPSA) is 70.8 Å². The van der Waals surface area contributed by atoms with Crippen LogP contribution in [0.25, 0.3) is 11.1 Å². The minimum absolute atomic E-state index is 0. The monoisotopic (exact) mass is 402 g/mol. The van der Waals surface area contributed by atoms with E-state index in [0.29, 0.717) is 32.3 Å². The van der Waals surface area contributed by atoms with Crippen LogP contribution < -0.4 is 10.2 Å².